The minimum atomic E-state index is -1.51. The minimum Gasteiger partial charge on any atom is -0.508 e. The highest BCUT2D eigenvalue weighted by Gasteiger charge is 2.70. The van der Waals surface area contributed by atoms with Crippen molar-refractivity contribution in [2.45, 2.75) is 30.8 Å². The Bertz CT molecular complexity index is 2400. The third kappa shape index (κ3) is 5.61. The molecule has 0 bridgehead atoms. The van der Waals surface area contributed by atoms with Crippen LogP contribution in [0.2, 0.25) is 5.02 Å². The quantitative estimate of drug-likeness (QED) is 0.1000. The van der Waals surface area contributed by atoms with E-state index in [0.717, 1.165) is 14.7 Å². The van der Waals surface area contributed by atoms with Crippen LogP contribution in [0.25, 0.3) is 0 Å². The number of hydrogen-bond donors (Lipinski definition) is 1. The molecule has 5 aromatic rings. The van der Waals surface area contributed by atoms with Crippen molar-refractivity contribution >= 4 is 69.2 Å². The number of carbonyl (C=O) groups excluding carboxylic acids is 4. The van der Waals surface area contributed by atoms with E-state index in [1.807, 2.05) is 78.9 Å². The number of amides is 4. The largest absolute Gasteiger partial charge is 0.508 e. The van der Waals surface area contributed by atoms with Crippen molar-refractivity contribution in [3.05, 3.63) is 164 Å². The number of aromatic hydroxyl groups is 1. The number of halogens is 2. The minimum absolute atomic E-state index is 0.107. The lowest BCUT2D eigenvalue weighted by molar-refractivity contribution is -0.127. The van der Waals surface area contributed by atoms with E-state index in [4.69, 9.17) is 16.3 Å². The molecule has 0 aromatic heterocycles. The first kappa shape index (κ1) is 35.4. The van der Waals surface area contributed by atoms with Gasteiger partial charge >= 0.3 is 0 Å². The van der Waals surface area contributed by atoms with Gasteiger partial charge in [0.25, 0.3) is 0 Å². The van der Waals surface area contributed by atoms with Crippen LogP contribution in [-0.2, 0) is 31.2 Å². The summed E-state index contributed by atoms with van der Waals surface area (Å²) in [4.78, 5) is 61.7. The lowest BCUT2D eigenvalue weighted by Crippen LogP contribution is -2.53. The van der Waals surface area contributed by atoms with E-state index in [1.54, 1.807) is 54.6 Å². The van der Waals surface area contributed by atoms with E-state index in [9.17, 15) is 14.7 Å². The summed E-state index contributed by atoms with van der Waals surface area (Å²) in [6.07, 6.45) is 2.41. The molecule has 0 radical (unpaired) electrons. The standard InChI is InChI=1S/C45H34ClIN2O6/c46-28-12-7-13-31(22-28)49-42(52)37-24-36-33(20-21-35-39(36)43(53)48(41(35)51)30-16-14-29(47)15-17-30)40(45(37,44(49)54)27-10-5-2-6-11-27)34-19-18-32(23-38(34)50)55-25-26-8-3-1-4-9-26/h1-20,22-23,35-37,39-40,50H,21,24-25H2/t35-,36+,37-,39-,40+,45+/m0/s1. The fourth-order valence-electron chi connectivity index (χ4n) is 9.53. The van der Waals surface area contributed by atoms with Gasteiger partial charge in [0, 0.05) is 26.1 Å². The fourth-order valence-corrected chi connectivity index (χ4v) is 10.1. The molecular formula is C45H34ClIN2O6. The first-order valence-electron chi connectivity index (χ1n) is 18.2. The summed E-state index contributed by atoms with van der Waals surface area (Å²) in [5.74, 6) is -4.93. The summed E-state index contributed by atoms with van der Waals surface area (Å²) < 4.78 is 7.05. The van der Waals surface area contributed by atoms with Crippen LogP contribution in [0.5, 0.6) is 11.5 Å². The maximum absolute atomic E-state index is 15.5. The van der Waals surface area contributed by atoms with Crippen LogP contribution in [0, 0.1) is 27.2 Å². The second kappa shape index (κ2) is 13.8. The smallest absolute Gasteiger partial charge is 0.246 e. The molecule has 8 nitrogen and oxygen atoms in total. The number of anilines is 2. The molecule has 5 aromatic carbocycles. The van der Waals surface area contributed by atoms with Crippen LogP contribution < -0.4 is 14.5 Å². The van der Waals surface area contributed by atoms with E-state index in [0.29, 0.717) is 33.3 Å². The third-order valence-electron chi connectivity index (χ3n) is 11.8. The van der Waals surface area contributed by atoms with Crippen LogP contribution in [0.4, 0.5) is 11.4 Å². The van der Waals surface area contributed by atoms with Gasteiger partial charge in [-0.25, -0.2) is 4.90 Å². The second-order valence-corrected chi connectivity index (χ2v) is 16.3. The molecule has 2 heterocycles. The molecule has 6 atom stereocenters. The Labute approximate surface area is 336 Å². The van der Waals surface area contributed by atoms with Gasteiger partial charge in [0.1, 0.15) is 18.1 Å². The monoisotopic (exact) mass is 860 g/mol. The van der Waals surface area contributed by atoms with Crippen molar-refractivity contribution in [1.29, 1.82) is 0 Å². The number of hydrogen-bond acceptors (Lipinski definition) is 6. The summed E-state index contributed by atoms with van der Waals surface area (Å²) in [7, 11) is 0. The summed E-state index contributed by atoms with van der Waals surface area (Å²) in [5.41, 5.74) is 2.09. The molecule has 4 aliphatic rings. The first-order chi connectivity index (χ1) is 26.7. The van der Waals surface area contributed by atoms with Gasteiger partial charge in [0.15, 0.2) is 0 Å². The lowest BCUT2D eigenvalue weighted by Gasteiger charge is -2.50. The zero-order valence-corrected chi connectivity index (χ0v) is 32.3. The van der Waals surface area contributed by atoms with Gasteiger partial charge in [-0.15, -0.1) is 0 Å². The lowest BCUT2D eigenvalue weighted by atomic mass is 9.49. The highest BCUT2D eigenvalue weighted by molar-refractivity contribution is 14.1. The molecule has 10 heteroatoms. The van der Waals surface area contributed by atoms with Gasteiger partial charge in [-0.2, -0.15) is 0 Å². The van der Waals surface area contributed by atoms with Crippen molar-refractivity contribution in [2.24, 2.45) is 23.7 Å². The van der Waals surface area contributed by atoms with Crippen LogP contribution in [0.1, 0.15) is 35.4 Å². The van der Waals surface area contributed by atoms with Crippen LogP contribution in [-0.4, -0.2) is 28.7 Å². The van der Waals surface area contributed by atoms with Gasteiger partial charge in [-0.3, -0.25) is 24.1 Å². The van der Waals surface area contributed by atoms with Crippen LogP contribution >= 0.6 is 34.2 Å². The molecule has 55 heavy (non-hydrogen) atoms. The SMILES string of the molecule is O=C1[C@H]2[C@H](CC=C3[C@H]2C[C@H]2C(=O)N(c4cccc(Cl)c4)C(=O)[C@@]2(c2ccccc2)[C@H]3c2ccc(OCc3ccccc3)cc2O)C(=O)N1c1ccc(I)cc1. The zero-order chi connectivity index (χ0) is 38.0. The highest BCUT2D eigenvalue weighted by atomic mass is 127. The van der Waals surface area contributed by atoms with E-state index >= 15 is 9.59 Å². The molecule has 274 valence electrons. The fraction of sp³-hybridized carbons (Fsp3) is 0.200. The number of fused-ring (bicyclic) bond motifs is 4. The molecular weight excluding hydrogens is 827 g/mol. The Kier molecular flexibility index (Phi) is 8.89. The molecule has 1 N–H and O–H groups in total. The predicted molar refractivity (Wildman–Crippen MR) is 217 cm³/mol. The van der Waals surface area contributed by atoms with Crippen molar-refractivity contribution in [2.75, 3.05) is 9.80 Å². The number of allylic oxidation sites excluding steroid dienone is 2. The summed E-state index contributed by atoms with van der Waals surface area (Å²) in [6.45, 7) is 0.282. The van der Waals surface area contributed by atoms with E-state index in [1.165, 1.54) is 9.80 Å². The Morgan fingerprint density at radius 3 is 2.18 bits per heavy atom. The third-order valence-corrected chi connectivity index (χ3v) is 12.8. The topological polar surface area (TPSA) is 104 Å². The molecule has 2 aliphatic carbocycles. The van der Waals surface area contributed by atoms with Crippen molar-refractivity contribution in [1.82, 2.24) is 0 Å². The van der Waals surface area contributed by atoms with E-state index in [2.05, 4.69) is 22.6 Å². The second-order valence-electron chi connectivity index (χ2n) is 14.6. The summed E-state index contributed by atoms with van der Waals surface area (Å²) in [5, 5.41) is 12.4. The van der Waals surface area contributed by atoms with Crippen molar-refractivity contribution < 1.29 is 29.0 Å². The Morgan fingerprint density at radius 2 is 1.47 bits per heavy atom. The summed E-state index contributed by atoms with van der Waals surface area (Å²) >= 11 is 8.62. The Hall–Kier alpha value is -5.26. The van der Waals surface area contributed by atoms with Gasteiger partial charge in [-0.1, -0.05) is 96.0 Å². The zero-order valence-electron chi connectivity index (χ0n) is 29.3. The molecule has 9 rings (SSSR count). The molecule has 0 unspecified atom stereocenters. The van der Waals surface area contributed by atoms with Crippen LogP contribution in [0.15, 0.2) is 139 Å². The number of phenolic OH excluding ortho intramolecular Hbond substituents is 1. The van der Waals surface area contributed by atoms with Gasteiger partial charge in [0.2, 0.25) is 23.6 Å². The van der Waals surface area contributed by atoms with Gasteiger partial charge in [0.05, 0.1) is 34.5 Å². The Morgan fingerprint density at radius 1 is 0.745 bits per heavy atom. The predicted octanol–water partition coefficient (Wildman–Crippen LogP) is 8.60. The summed E-state index contributed by atoms with van der Waals surface area (Å²) in [6, 6.07) is 37.9. The number of nitrogens with zero attached hydrogens (tertiary/aromatic N) is 2. The van der Waals surface area contributed by atoms with Crippen LogP contribution in [0.3, 0.4) is 0 Å². The molecule has 2 saturated heterocycles. The van der Waals surface area contributed by atoms with Crippen molar-refractivity contribution in [3.8, 4) is 11.5 Å². The normalized spacial score (nSPS) is 25.7. The van der Waals surface area contributed by atoms with Gasteiger partial charge in [-0.05, 0) is 101 Å². The number of rotatable bonds is 7. The average Bonchev–Trinajstić information content (AvgIpc) is 3.59. The molecule has 1 saturated carbocycles. The number of ether oxygens (including phenoxy) is 1. The maximum Gasteiger partial charge on any atom is 0.246 e. The van der Waals surface area contributed by atoms with E-state index in [-0.39, 0.29) is 37.0 Å². The van der Waals surface area contributed by atoms with Crippen molar-refractivity contribution in [3.63, 3.8) is 0 Å². The molecule has 3 fully saturated rings. The molecule has 4 amide bonds. The van der Waals surface area contributed by atoms with E-state index < -0.39 is 46.8 Å². The number of benzene rings is 5. The molecule has 2 aliphatic heterocycles. The molecule has 0 spiro atoms. The number of phenols is 1. The van der Waals surface area contributed by atoms with Gasteiger partial charge < -0.3 is 9.84 Å². The number of imide groups is 2. The highest BCUT2D eigenvalue weighted by Crippen LogP contribution is 2.65. The Balaban J connectivity index is 1.22. The average molecular weight is 861 g/mol. The number of carbonyl (C=O) groups is 4. The first-order valence-corrected chi connectivity index (χ1v) is 19.7. The maximum atomic E-state index is 15.5.